The zero-order valence-corrected chi connectivity index (χ0v) is 21.6. The highest BCUT2D eigenvalue weighted by atomic mass is 32.2. The van der Waals surface area contributed by atoms with E-state index in [9.17, 15) is 13.2 Å². The van der Waals surface area contributed by atoms with Gasteiger partial charge < -0.3 is 4.74 Å². The molecule has 0 saturated heterocycles. The molecule has 1 aromatic heterocycles. The minimum absolute atomic E-state index is 0.0621. The Kier molecular flexibility index (Phi) is 6.81. The molecule has 7 nitrogen and oxygen atoms in total. The van der Waals surface area contributed by atoms with Gasteiger partial charge in [-0.05, 0) is 48.9 Å². The van der Waals surface area contributed by atoms with E-state index in [2.05, 4.69) is 4.72 Å². The molecular formula is C30H25N3O4S. The minimum Gasteiger partial charge on any atom is -0.497 e. The number of hydrogen-bond donors (Lipinski definition) is 1. The first-order valence-electron chi connectivity index (χ1n) is 11.9. The van der Waals surface area contributed by atoms with Crippen LogP contribution in [0.15, 0.2) is 119 Å². The first kappa shape index (κ1) is 25.0. The summed E-state index contributed by atoms with van der Waals surface area (Å²) in [6, 6.07) is 31.7. The molecular weight excluding hydrogens is 498 g/mol. The third kappa shape index (κ3) is 4.94. The fourth-order valence-electron chi connectivity index (χ4n) is 4.13. The monoisotopic (exact) mass is 523 g/mol. The summed E-state index contributed by atoms with van der Waals surface area (Å²) in [6.07, 6.45) is 0. The largest absolute Gasteiger partial charge is 0.497 e. The number of ether oxygens (including phenoxy) is 1. The van der Waals surface area contributed by atoms with Crippen molar-refractivity contribution in [3.05, 3.63) is 125 Å². The average Bonchev–Trinajstić information content (AvgIpc) is 2.94. The van der Waals surface area contributed by atoms with Gasteiger partial charge in [0, 0.05) is 5.56 Å². The van der Waals surface area contributed by atoms with Crippen molar-refractivity contribution in [2.24, 2.45) is 0 Å². The second-order valence-electron chi connectivity index (χ2n) is 8.65. The standard InChI is InChI=1S/C30H25N3O4S/c1-21-13-19-26(20-14-21)38(35,36)32-30-31-28(23-11-7-4-8-12-23)27(22-9-5-3-6-10-22)29(34)33(30)24-15-17-25(37-2)18-16-24/h3-20H,1-2H3,(H,31,32). The second kappa shape index (κ2) is 10.4. The van der Waals surface area contributed by atoms with Crippen LogP contribution in [0.1, 0.15) is 5.56 Å². The van der Waals surface area contributed by atoms with Crippen LogP contribution in [-0.2, 0) is 10.0 Å². The van der Waals surface area contributed by atoms with Gasteiger partial charge in [0.15, 0.2) is 0 Å². The molecule has 1 heterocycles. The van der Waals surface area contributed by atoms with Gasteiger partial charge in [-0.1, -0.05) is 78.4 Å². The van der Waals surface area contributed by atoms with E-state index in [0.717, 1.165) is 5.56 Å². The molecule has 1 N–H and O–H groups in total. The van der Waals surface area contributed by atoms with Crippen molar-refractivity contribution in [3.8, 4) is 33.8 Å². The molecule has 8 heteroatoms. The van der Waals surface area contributed by atoms with Crippen molar-refractivity contribution >= 4 is 16.0 Å². The van der Waals surface area contributed by atoms with Crippen molar-refractivity contribution in [1.29, 1.82) is 0 Å². The lowest BCUT2D eigenvalue weighted by Gasteiger charge is -2.19. The van der Waals surface area contributed by atoms with Gasteiger partial charge in [-0.3, -0.25) is 4.79 Å². The van der Waals surface area contributed by atoms with E-state index in [1.807, 2.05) is 67.6 Å². The number of methoxy groups -OCH3 is 1. The van der Waals surface area contributed by atoms with E-state index < -0.39 is 15.6 Å². The SMILES string of the molecule is COc1ccc(-n2c(NS(=O)(=O)c3ccc(C)cc3)nc(-c3ccccc3)c(-c3ccccc3)c2=O)cc1. The highest BCUT2D eigenvalue weighted by molar-refractivity contribution is 7.92. The summed E-state index contributed by atoms with van der Waals surface area (Å²) in [5.74, 6) is 0.472. The molecule has 0 bridgehead atoms. The van der Waals surface area contributed by atoms with E-state index in [1.54, 1.807) is 43.5 Å². The van der Waals surface area contributed by atoms with E-state index in [-0.39, 0.29) is 10.8 Å². The maximum absolute atomic E-state index is 14.3. The van der Waals surface area contributed by atoms with Gasteiger partial charge in [0.05, 0.1) is 29.0 Å². The maximum atomic E-state index is 14.3. The molecule has 0 aliphatic carbocycles. The topological polar surface area (TPSA) is 90.3 Å². The molecule has 0 fully saturated rings. The first-order valence-corrected chi connectivity index (χ1v) is 13.4. The quantitative estimate of drug-likeness (QED) is 0.296. The maximum Gasteiger partial charge on any atom is 0.268 e. The predicted octanol–water partition coefficient (Wildman–Crippen LogP) is 5.68. The summed E-state index contributed by atoms with van der Waals surface area (Å²) in [6.45, 7) is 1.88. The van der Waals surface area contributed by atoms with Gasteiger partial charge in [-0.25, -0.2) is 22.7 Å². The molecule has 0 amide bonds. The lowest BCUT2D eigenvalue weighted by atomic mass is 10.0. The van der Waals surface area contributed by atoms with Gasteiger partial charge in [0.25, 0.3) is 15.6 Å². The van der Waals surface area contributed by atoms with E-state index in [1.165, 1.54) is 16.7 Å². The number of anilines is 1. The number of nitrogens with zero attached hydrogens (tertiary/aromatic N) is 2. The Hall–Kier alpha value is -4.69. The van der Waals surface area contributed by atoms with Crippen molar-refractivity contribution in [2.75, 3.05) is 11.8 Å². The normalized spacial score (nSPS) is 11.2. The van der Waals surface area contributed by atoms with Crippen LogP contribution in [0.3, 0.4) is 0 Å². The van der Waals surface area contributed by atoms with Crippen LogP contribution in [-0.4, -0.2) is 25.1 Å². The van der Waals surface area contributed by atoms with Gasteiger partial charge >= 0.3 is 0 Å². The smallest absolute Gasteiger partial charge is 0.268 e. The van der Waals surface area contributed by atoms with E-state index >= 15 is 0 Å². The Bertz CT molecular complexity index is 1730. The molecule has 190 valence electrons. The van der Waals surface area contributed by atoms with Crippen LogP contribution >= 0.6 is 0 Å². The highest BCUT2D eigenvalue weighted by Crippen LogP contribution is 2.31. The molecule has 0 radical (unpaired) electrons. The van der Waals surface area contributed by atoms with Crippen LogP contribution in [0.4, 0.5) is 5.95 Å². The summed E-state index contributed by atoms with van der Waals surface area (Å²) in [4.78, 5) is 19.1. The summed E-state index contributed by atoms with van der Waals surface area (Å²) < 4.78 is 36.0. The molecule has 5 rings (SSSR count). The van der Waals surface area contributed by atoms with E-state index in [0.29, 0.717) is 33.8 Å². The lowest BCUT2D eigenvalue weighted by molar-refractivity contribution is 0.414. The molecule has 0 saturated carbocycles. The number of benzene rings is 4. The Morgan fingerprint density at radius 3 is 1.92 bits per heavy atom. The minimum atomic E-state index is -4.06. The summed E-state index contributed by atoms with van der Waals surface area (Å²) in [5, 5.41) is 0. The van der Waals surface area contributed by atoms with Crippen LogP contribution in [0, 0.1) is 6.92 Å². The lowest BCUT2D eigenvalue weighted by Crippen LogP contribution is -2.28. The van der Waals surface area contributed by atoms with Gasteiger partial charge in [0.1, 0.15) is 5.75 Å². The number of hydrogen-bond acceptors (Lipinski definition) is 5. The van der Waals surface area contributed by atoms with E-state index in [4.69, 9.17) is 9.72 Å². The number of aryl methyl sites for hydroxylation is 1. The summed E-state index contributed by atoms with van der Waals surface area (Å²) >= 11 is 0. The molecule has 0 unspecified atom stereocenters. The van der Waals surface area contributed by atoms with Crippen molar-refractivity contribution in [2.45, 2.75) is 11.8 Å². The number of sulfonamides is 1. The third-order valence-electron chi connectivity index (χ3n) is 6.08. The molecule has 38 heavy (non-hydrogen) atoms. The zero-order valence-electron chi connectivity index (χ0n) is 20.8. The fourth-order valence-corrected chi connectivity index (χ4v) is 5.12. The van der Waals surface area contributed by atoms with Crippen molar-refractivity contribution < 1.29 is 13.2 Å². The number of nitrogens with one attached hydrogen (secondary N) is 1. The van der Waals surface area contributed by atoms with Crippen molar-refractivity contribution in [3.63, 3.8) is 0 Å². The van der Waals surface area contributed by atoms with Crippen LogP contribution in [0.5, 0.6) is 5.75 Å². The number of aromatic nitrogens is 2. The highest BCUT2D eigenvalue weighted by Gasteiger charge is 2.24. The predicted molar refractivity (Wildman–Crippen MR) is 149 cm³/mol. The van der Waals surface area contributed by atoms with Gasteiger partial charge in [-0.15, -0.1) is 0 Å². The molecule has 4 aromatic carbocycles. The van der Waals surface area contributed by atoms with Crippen LogP contribution in [0.25, 0.3) is 28.1 Å². The fraction of sp³-hybridized carbons (Fsp3) is 0.0667. The summed E-state index contributed by atoms with van der Waals surface area (Å²) in [5.41, 5.74) is 3.01. The third-order valence-corrected chi connectivity index (χ3v) is 7.42. The van der Waals surface area contributed by atoms with Gasteiger partial charge in [0.2, 0.25) is 5.95 Å². The second-order valence-corrected chi connectivity index (χ2v) is 10.3. The van der Waals surface area contributed by atoms with Crippen molar-refractivity contribution in [1.82, 2.24) is 9.55 Å². The Morgan fingerprint density at radius 1 is 0.763 bits per heavy atom. The molecule has 0 aliphatic heterocycles. The zero-order chi connectivity index (χ0) is 26.7. The Morgan fingerprint density at radius 2 is 1.34 bits per heavy atom. The van der Waals surface area contributed by atoms with Crippen LogP contribution < -0.4 is 15.0 Å². The molecule has 0 aliphatic rings. The Labute approximate surface area is 221 Å². The summed E-state index contributed by atoms with van der Waals surface area (Å²) in [7, 11) is -2.52. The molecule has 0 atom stereocenters. The van der Waals surface area contributed by atoms with Gasteiger partial charge in [-0.2, -0.15) is 0 Å². The molecule has 0 spiro atoms. The molecule has 5 aromatic rings. The Balaban J connectivity index is 1.80. The first-order chi connectivity index (χ1) is 18.4. The van der Waals surface area contributed by atoms with Crippen LogP contribution in [0.2, 0.25) is 0 Å². The number of rotatable bonds is 7. The average molecular weight is 524 g/mol.